The van der Waals surface area contributed by atoms with Crippen molar-refractivity contribution >= 4 is 11.6 Å². The van der Waals surface area contributed by atoms with E-state index in [0.29, 0.717) is 5.76 Å². The third-order valence-corrected chi connectivity index (χ3v) is 3.70. The van der Waals surface area contributed by atoms with Gasteiger partial charge in [0.2, 0.25) is 5.91 Å². The molecule has 0 radical (unpaired) electrons. The predicted molar refractivity (Wildman–Crippen MR) is 78.5 cm³/mol. The van der Waals surface area contributed by atoms with Crippen LogP contribution in [0.15, 0.2) is 22.7 Å². The molecule has 1 amide bonds. The molecule has 0 saturated carbocycles. The zero-order chi connectivity index (χ0) is 15.0. The fraction of sp³-hybridized carbons (Fsp3) is 0.375. The summed E-state index contributed by atoms with van der Waals surface area (Å²) >= 11 is 0. The lowest BCUT2D eigenvalue weighted by molar-refractivity contribution is -0.115. The van der Waals surface area contributed by atoms with E-state index in [0.717, 1.165) is 34.7 Å². The summed E-state index contributed by atoms with van der Waals surface area (Å²) in [7, 11) is 0. The Balaban J connectivity index is 1.70. The van der Waals surface area contributed by atoms with Crippen molar-refractivity contribution in [2.45, 2.75) is 39.7 Å². The van der Waals surface area contributed by atoms with E-state index >= 15 is 0 Å². The molecular weight excluding hydrogens is 268 g/mol. The monoisotopic (exact) mass is 286 g/mol. The molecule has 0 fully saturated rings. The lowest BCUT2D eigenvalue weighted by Crippen LogP contribution is -2.15. The third-order valence-electron chi connectivity index (χ3n) is 3.70. The van der Waals surface area contributed by atoms with Crippen LogP contribution in [0.1, 0.15) is 29.5 Å². The van der Waals surface area contributed by atoms with Crippen molar-refractivity contribution in [3.8, 4) is 5.75 Å². The summed E-state index contributed by atoms with van der Waals surface area (Å²) in [5.41, 5.74) is 3.55. The molecule has 2 aromatic rings. The Bertz CT molecular complexity index is 671. The van der Waals surface area contributed by atoms with Crippen LogP contribution in [0, 0.1) is 13.8 Å². The Morgan fingerprint density at radius 1 is 1.43 bits per heavy atom. The van der Waals surface area contributed by atoms with Crippen molar-refractivity contribution < 1.29 is 14.1 Å². The number of fused-ring (bicyclic) bond motifs is 1. The smallest absolute Gasteiger partial charge is 0.228 e. The van der Waals surface area contributed by atoms with Crippen LogP contribution >= 0.6 is 0 Å². The highest BCUT2D eigenvalue weighted by molar-refractivity contribution is 5.92. The van der Waals surface area contributed by atoms with Crippen molar-refractivity contribution in [3.63, 3.8) is 0 Å². The summed E-state index contributed by atoms with van der Waals surface area (Å²) < 4.78 is 10.7. The topological polar surface area (TPSA) is 64.4 Å². The molecule has 110 valence electrons. The molecule has 3 rings (SSSR count). The number of hydrogen-bond acceptors (Lipinski definition) is 4. The number of carbonyl (C=O) groups is 1. The molecule has 1 aromatic carbocycles. The first-order valence-corrected chi connectivity index (χ1v) is 7.04. The highest BCUT2D eigenvalue weighted by atomic mass is 16.5. The molecule has 21 heavy (non-hydrogen) atoms. The van der Waals surface area contributed by atoms with Gasteiger partial charge in [0.25, 0.3) is 0 Å². The lowest BCUT2D eigenvalue weighted by atomic mass is 10.1. The summed E-state index contributed by atoms with van der Waals surface area (Å²) in [5, 5.41) is 6.78. The Morgan fingerprint density at radius 2 is 2.24 bits per heavy atom. The van der Waals surface area contributed by atoms with Crippen LogP contribution < -0.4 is 10.1 Å². The van der Waals surface area contributed by atoms with Gasteiger partial charge < -0.3 is 14.6 Å². The molecule has 1 aliphatic heterocycles. The van der Waals surface area contributed by atoms with E-state index in [1.54, 1.807) is 0 Å². The number of hydrogen-bond donors (Lipinski definition) is 1. The number of benzene rings is 1. The highest BCUT2D eigenvalue weighted by Gasteiger charge is 2.19. The van der Waals surface area contributed by atoms with Crippen LogP contribution in [0.2, 0.25) is 0 Å². The van der Waals surface area contributed by atoms with Gasteiger partial charge in [0, 0.05) is 17.7 Å². The fourth-order valence-electron chi connectivity index (χ4n) is 2.62. The minimum atomic E-state index is -0.0729. The van der Waals surface area contributed by atoms with Gasteiger partial charge in [-0.1, -0.05) is 5.16 Å². The minimum absolute atomic E-state index is 0.0729. The normalized spacial score (nSPS) is 16.4. The number of amides is 1. The molecule has 0 aliphatic carbocycles. The average Bonchev–Trinajstić information content (AvgIpc) is 2.94. The van der Waals surface area contributed by atoms with E-state index in [2.05, 4.69) is 10.5 Å². The van der Waals surface area contributed by atoms with Gasteiger partial charge in [0.05, 0.1) is 12.1 Å². The zero-order valence-corrected chi connectivity index (χ0v) is 12.4. The van der Waals surface area contributed by atoms with Gasteiger partial charge in [-0.15, -0.1) is 0 Å². The fourth-order valence-corrected chi connectivity index (χ4v) is 2.62. The number of aromatic nitrogens is 1. The number of nitrogens with zero attached hydrogens (tertiary/aromatic N) is 1. The van der Waals surface area contributed by atoms with E-state index in [-0.39, 0.29) is 18.4 Å². The van der Waals surface area contributed by atoms with Crippen LogP contribution in [0.3, 0.4) is 0 Å². The van der Waals surface area contributed by atoms with Gasteiger partial charge in [-0.2, -0.15) is 0 Å². The summed E-state index contributed by atoms with van der Waals surface area (Å²) in [4.78, 5) is 12.1. The van der Waals surface area contributed by atoms with E-state index in [1.807, 2.05) is 39.0 Å². The molecule has 5 heteroatoms. The van der Waals surface area contributed by atoms with Crippen molar-refractivity contribution in [1.82, 2.24) is 5.16 Å². The van der Waals surface area contributed by atoms with Crippen LogP contribution in [-0.2, 0) is 17.6 Å². The van der Waals surface area contributed by atoms with E-state index in [4.69, 9.17) is 9.26 Å². The first kappa shape index (κ1) is 13.7. The molecule has 0 spiro atoms. The summed E-state index contributed by atoms with van der Waals surface area (Å²) in [6.07, 6.45) is 1.35. The molecule has 0 saturated heterocycles. The van der Waals surface area contributed by atoms with Crippen molar-refractivity contribution in [2.75, 3.05) is 5.32 Å². The standard InChI is InChI=1S/C16H18N2O3/c1-9-6-12-7-13(4-5-15(12)20-9)17-16(19)8-14-10(2)18-21-11(14)3/h4-5,7,9H,6,8H2,1-3H3,(H,17,19). The number of nitrogens with one attached hydrogen (secondary N) is 1. The van der Waals surface area contributed by atoms with Gasteiger partial charge in [-0.05, 0) is 44.5 Å². The van der Waals surface area contributed by atoms with E-state index in [9.17, 15) is 4.79 Å². The van der Waals surface area contributed by atoms with Crippen LogP contribution in [-0.4, -0.2) is 17.2 Å². The summed E-state index contributed by atoms with van der Waals surface area (Å²) in [5.74, 6) is 1.53. The molecule has 2 heterocycles. The minimum Gasteiger partial charge on any atom is -0.490 e. The van der Waals surface area contributed by atoms with Crippen molar-refractivity contribution in [3.05, 3.63) is 40.8 Å². The number of rotatable bonds is 3. The zero-order valence-electron chi connectivity index (χ0n) is 12.4. The molecule has 1 N–H and O–H groups in total. The van der Waals surface area contributed by atoms with E-state index in [1.165, 1.54) is 0 Å². The first-order valence-electron chi connectivity index (χ1n) is 7.04. The SMILES string of the molecule is Cc1noc(C)c1CC(=O)Nc1ccc2c(c1)CC(C)O2. The van der Waals surface area contributed by atoms with Crippen molar-refractivity contribution in [2.24, 2.45) is 0 Å². The molecule has 1 atom stereocenters. The van der Waals surface area contributed by atoms with Crippen LogP contribution in [0.4, 0.5) is 5.69 Å². The van der Waals surface area contributed by atoms with Gasteiger partial charge in [-0.25, -0.2) is 0 Å². The average molecular weight is 286 g/mol. The first-order chi connectivity index (χ1) is 10.0. The second-order valence-corrected chi connectivity index (χ2v) is 5.48. The number of ether oxygens (including phenoxy) is 1. The number of carbonyl (C=O) groups excluding carboxylic acids is 1. The van der Waals surface area contributed by atoms with Crippen LogP contribution in [0.25, 0.3) is 0 Å². The van der Waals surface area contributed by atoms with E-state index < -0.39 is 0 Å². The highest BCUT2D eigenvalue weighted by Crippen LogP contribution is 2.31. The quantitative estimate of drug-likeness (QED) is 0.942. The molecule has 0 bridgehead atoms. The second-order valence-electron chi connectivity index (χ2n) is 5.48. The largest absolute Gasteiger partial charge is 0.490 e. The molecule has 5 nitrogen and oxygen atoms in total. The predicted octanol–water partition coefficient (Wildman–Crippen LogP) is 2.80. The van der Waals surface area contributed by atoms with Gasteiger partial charge in [0.1, 0.15) is 17.6 Å². The Hall–Kier alpha value is -2.30. The maximum atomic E-state index is 12.1. The maximum Gasteiger partial charge on any atom is 0.228 e. The molecule has 1 aromatic heterocycles. The van der Waals surface area contributed by atoms with Crippen LogP contribution in [0.5, 0.6) is 5.75 Å². The maximum absolute atomic E-state index is 12.1. The third kappa shape index (κ3) is 2.77. The van der Waals surface area contributed by atoms with Gasteiger partial charge in [0.15, 0.2) is 0 Å². The van der Waals surface area contributed by atoms with Gasteiger partial charge in [-0.3, -0.25) is 4.79 Å². The van der Waals surface area contributed by atoms with Gasteiger partial charge >= 0.3 is 0 Å². The lowest BCUT2D eigenvalue weighted by Gasteiger charge is -2.07. The Kier molecular flexibility index (Phi) is 3.41. The van der Waals surface area contributed by atoms with Crippen molar-refractivity contribution in [1.29, 1.82) is 0 Å². The summed E-state index contributed by atoms with van der Waals surface area (Å²) in [6, 6.07) is 5.75. The second kappa shape index (κ2) is 5.24. The molecule has 1 aliphatic rings. The Morgan fingerprint density at radius 3 is 2.95 bits per heavy atom. The number of anilines is 1. The molecule has 1 unspecified atom stereocenters. The number of aryl methyl sites for hydroxylation is 2. The Labute approximate surface area is 123 Å². The summed E-state index contributed by atoms with van der Waals surface area (Å²) in [6.45, 7) is 5.69. The molecular formula is C16H18N2O3.